The van der Waals surface area contributed by atoms with Crippen molar-refractivity contribution >= 4 is 23.6 Å². The van der Waals surface area contributed by atoms with Gasteiger partial charge in [0.15, 0.2) is 0 Å². The van der Waals surface area contributed by atoms with Crippen molar-refractivity contribution < 1.29 is 19.2 Å². The third-order valence-electron chi connectivity index (χ3n) is 6.00. The van der Waals surface area contributed by atoms with E-state index in [-0.39, 0.29) is 23.8 Å². The predicted octanol–water partition coefficient (Wildman–Crippen LogP) is -1.51. The highest BCUT2D eigenvalue weighted by atomic mass is 16.2. The van der Waals surface area contributed by atoms with Crippen LogP contribution in [0.25, 0.3) is 0 Å². The quantitative estimate of drug-likeness (QED) is 0.588. The van der Waals surface area contributed by atoms with E-state index < -0.39 is 11.8 Å². The highest BCUT2D eigenvalue weighted by molar-refractivity contribution is 6.35. The first kappa shape index (κ1) is 19.2. The zero-order valence-corrected chi connectivity index (χ0v) is 16.3. The molecule has 0 spiro atoms. The molecule has 28 heavy (non-hydrogen) atoms. The SMILES string of the molecule is O=C(NC1CC1)C(=O)N1CCN(CC(=O)N2CCN(C(=O)C3CC3)CC2)CC1. The summed E-state index contributed by atoms with van der Waals surface area (Å²) in [4.78, 5) is 56.0. The number of amides is 4. The van der Waals surface area contributed by atoms with E-state index in [2.05, 4.69) is 5.32 Å². The van der Waals surface area contributed by atoms with Crippen LogP contribution in [0.15, 0.2) is 0 Å². The predicted molar refractivity (Wildman–Crippen MR) is 100 cm³/mol. The maximum atomic E-state index is 12.6. The van der Waals surface area contributed by atoms with Gasteiger partial charge in [0.25, 0.3) is 0 Å². The monoisotopic (exact) mass is 391 g/mol. The first-order valence-electron chi connectivity index (χ1n) is 10.4. The van der Waals surface area contributed by atoms with Crippen molar-refractivity contribution in [1.82, 2.24) is 24.9 Å². The van der Waals surface area contributed by atoms with E-state index in [0.717, 1.165) is 25.7 Å². The van der Waals surface area contributed by atoms with Gasteiger partial charge in [0.05, 0.1) is 6.54 Å². The van der Waals surface area contributed by atoms with E-state index in [4.69, 9.17) is 0 Å². The summed E-state index contributed by atoms with van der Waals surface area (Å²) in [6.45, 7) is 4.88. The third-order valence-corrected chi connectivity index (χ3v) is 6.00. The van der Waals surface area contributed by atoms with E-state index in [1.54, 1.807) is 4.90 Å². The number of carbonyl (C=O) groups excluding carboxylic acids is 4. The number of nitrogens with one attached hydrogen (secondary N) is 1. The molecule has 4 amide bonds. The molecule has 0 atom stereocenters. The van der Waals surface area contributed by atoms with Gasteiger partial charge < -0.3 is 20.0 Å². The Bertz CT molecular complexity index is 645. The van der Waals surface area contributed by atoms with E-state index in [1.807, 2.05) is 14.7 Å². The Labute approximate surface area is 165 Å². The second-order valence-corrected chi connectivity index (χ2v) is 8.30. The summed E-state index contributed by atoms with van der Waals surface area (Å²) >= 11 is 0. The van der Waals surface area contributed by atoms with Crippen molar-refractivity contribution in [2.45, 2.75) is 31.7 Å². The lowest BCUT2D eigenvalue weighted by molar-refractivity contribution is -0.147. The minimum absolute atomic E-state index is 0.0739. The van der Waals surface area contributed by atoms with Crippen LogP contribution >= 0.6 is 0 Å². The van der Waals surface area contributed by atoms with Gasteiger partial charge in [-0.2, -0.15) is 0 Å². The van der Waals surface area contributed by atoms with Gasteiger partial charge in [0, 0.05) is 64.3 Å². The summed E-state index contributed by atoms with van der Waals surface area (Å²) in [5, 5.41) is 2.73. The fraction of sp³-hybridized carbons (Fsp3) is 0.789. The lowest BCUT2D eigenvalue weighted by atomic mass is 10.2. The average molecular weight is 391 g/mol. The molecule has 2 aliphatic heterocycles. The molecule has 2 heterocycles. The molecule has 2 saturated heterocycles. The van der Waals surface area contributed by atoms with Gasteiger partial charge in [-0.3, -0.25) is 24.1 Å². The normalized spacial score (nSPS) is 23.5. The lowest BCUT2D eigenvalue weighted by Gasteiger charge is -2.38. The average Bonchev–Trinajstić information content (AvgIpc) is 3.62. The van der Waals surface area contributed by atoms with Crippen LogP contribution in [0, 0.1) is 5.92 Å². The molecule has 154 valence electrons. The summed E-state index contributed by atoms with van der Waals surface area (Å²) in [6.07, 6.45) is 3.93. The smallest absolute Gasteiger partial charge is 0.311 e. The molecule has 2 aliphatic carbocycles. The van der Waals surface area contributed by atoms with Crippen molar-refractivity contribution in [2.75, 3.05) is 58.9 Å². The summed E-state index contributed by atoms with van der Waals surface area (Å²) in [7, 11) is 0. The van der Waals surface area contributed by atoms with Crippen molar-refractivity contribution in [3.8, 4) is 0 Å². The highest BCUT2D eigenvalue weighted by Crippen LogP contribution is 2.31. The van der Waals surface area contributed by atoms with Crippen molar-refractivity contribution in [2.24, 2.45) is 5.92 Å². The minimum atomic E-state index is -0.509. The fourth-order valence-electron chi connectivity index (χ4n) is 3.78. The van der Waals surface area contributed by atoms with E-state index in [0.29, 0.717) is 58.9 Å². The number of rotatable bonds is 4. The van der Waals surface area contributed by atoms with Gasteiger partial charge in [0.1, 0.15) is 0 Å². The molecular formula is C19H29N5O4. The molecule has 9 nitrogen and oxygen atoms in total. The zero-order chi connectivity index (χ0) is 19.7. The molecule has 9 heteroatoms. The number of hydrogen-bond acceptors (Lipinski definition) is 5. The van der Waals surface area contributed by atoms with Crippen LogP contribution in [0.4, 0.5) is 0 Å². The Balaban J connectivity index is 1.16. The Kier molecular flexibility index (Phi) is 5.52. The number of hydrogen-bond donors (Lipinski definition) is 1. The Morgan fingerprint density at radius 3 is 1.86 bits per heavy atom. The molecule has 0 aromatic rings. The third kappa shape index (κ3) is 4.63. The van der Waals surface area contributed by atoms with Gasteiger partial charge in [-0.1, -0.05) is 0 Å². The summed E-state index contributed by atoms with van der Waals surface area (Å²) in [6, 6.07) is 0.176. The van der Waals surface area contributed by atoms with Crippen LogP contribution in [0.5, 0.6) is 0 Å². The second-order valence-electron chi connectivity index (χ2n) is 8.30. The van der Waals surface area contributed by atoms with E-state index >= 15 is 0 Å². The molecular weight excluding hydrogens is 362 g/mol. The standard InChI is InChI=1S/C19H29N5O4/c25-16(22-9-11-23(12-10-22)18(27)14-1-2-14)13-21-5-7-24(8-6-21)19(28)17(26)20-15-3-4-15/h14-15H,1-13H2,(H,20,26). The van der Waals surface area contributed by atoms with Crippen molar-refractivity contribution in [3.05, 3.63) is 0 Å². The summed E-state index contributed by atoms with van der Waals surface area (Å²) in [5.41, 5.74) is 0. The molecule has 1 N–H and O–H groups in total. The summed E-state index contributed by atoms with van der Waals surface area (Å²) < 4.78 is 0. The molecule has 0 bridgehead atoms. The van der Waals surface area contributed by atoms with Crippen LogP contribution < -0.4 is 5.32 Å². The first-order chi connectivity index (χ1) is 13.5. The Hall–Kier alpha value is -2.16. The van der Waals surface area contributed by atoms with Crippen LogP contribution in [0.3, 0.4) is 0 Å². The molecule has 2 saturated carbocycles. The number of carbonyl (C=O) groups is 4. The van der Waals surface area contributed by atoms with E-state index in [9.17, 15) is 19.2 Å². The molecule has 4 fully saturated rings. The van der Waals surface area contributed by atoms with Gasteiger partial charge in [0.2, 0.25) is 11.8 Å². The van der Waals surface area contributed by atoms with E-state index in [1.165, 1.54) is 0 Å². The van der Waals surface area contributed by atoms with Crippen LogP contribution in [0.2, 0.25) is 0 Å². The van der Waals surface area contributed by atoms with Crippen LogP contribution in [0.1, 0.15) is 25.7 Å². The molecule has 0 aromatic carbocycles. The van der Waals surface area contributed by atoms with Crippen LogP contribution in [-0.2, 0) is 19.2 Å². The maximum Gasteiger partial charge on any atom is 0.311 e. The topological polar surface area (TPSA) is 93.3 Å². The second kappa shape index (κ2) is 8.06. The maximum absolute atomic E-state index is 12.6. The van der Waals surface area contributed by atoms with Crippen molar-refractivity contribution in [3.63, 3.8) is 0 Å². The molecule has 0 radical (unpaired) electrons. The van der Waals surface area contributed by atoms with Gasteiger partial charge in [-0.05, 0) is 25.7 Å². The highest BCUT2D eigenvalue weighted by Gasteiger charge is 2.35. The Morgan fingerprint density at radius 1 is 0.714 bits per heavy atom. The van der Waals surface area contributed by atoms with Gasteiger partial charge in [-0.15, -0.1) is 0 Å². The number of nitrogens with zero attached hydrogens (tertiary/aromatic N) is 4. The van der Waals surface area contributed by atoms with Crippen molar-refractivity contribution in [1.29, 1.82) is 0 Å². The molecule has 0 aromatic heterocycles. The minimum Gasteiger partial charge on any atom is -0.345 e. The Morgan fingerprint density at radius 2 is 1.29 bits per heavy atom. The molecule has 4 aliphatic rings. The fourth-order valence-corrected chi connectivity index (χ4v) is 3.78. The van der Waals surface area contributed by atoms with Gasteiger partial charge >= 0.3 is 11.8 Å². The van der Waals surface area contributed by atoms with Gasteiger partial charge in [-0.25, -0.2) is 0 Å². The van der Waals surface area contributed by atoms with Crippen LogP contribution in [-0.4, -0.2) is 108 Å². The largest absolute Gasteiger partial charge is 0.345 e. The lowest BCUT2D eigenvalue weighted by Crippen LogP contribution is -2.56. The molecule has 4 rings (SSSR count). The summed E-state index contributed by atoms with van der Waals surface area (Å²) in [5.74, 6) is -0.420. The first-order valence-corrected chi connectivity index (χ1v) is 10.4. The molecule has 0 unspecified atom stereocenters. The zero-order valence-electron chi connectivity index (χ0n) is 16.3. The number of piperazine rings is 2.